The van der Waals surface area contributed by atoms with Crippen LogP contribution in [0.5, 0.6) is 0 Å². The van der Waals surface area contributed by atoms with Crippen molar-refractivity contribution in [3.05, 3.63) is 35.9 Å². The molecule has 3 heteroatoms. The number of amides is 2. The molecule has 104 valence electrons. The molecule has 0 bridgehead atoms. The molecular formula is C16H24N2O. The van der Waals surface area contributed by atoms with Gasteiger partial charge in [-0.15, -0.1) is 0 Å². The molecular weight excluding hydrogens is 236 g/mol. The van der Waals surface area contributed by atoms with Crippen molar-refractivity contribution in [3.8, 4) is 0 Å². The lowest BCUT2D eigenvalue weighted by molar-refractivity contribution is 0.227. The molecule has 0 heterocycles. The fourth-order valence-electron chi connectivity index (χ4n) is 2.77. The minimum Gasteiger partial charge on any atom is -0.338 e. The van der Waals surface area contributed by atoms with Crippen LogP contribution >= 0.6 is 0 Å². The second kappa shape index (κ2) is 7.17. The van der Waals surface area contributed by atoms with Crippen LogP contribution in [-0.4, -0.2) is 18.6 Å². The van der Waals surface area contributed by atoms with E-state index in [1.165, 1.54) is 18.4 Å². The standard InChI is InChI=1S/C16H24N2O/c1-13-6-5-9-15(12-13)18-16(19)17-11-10-14-7-3-2-4-8-14/h2-4,7-8,13,15H,5-6,9-12H2,1H3,(H2,17,18,19). The van der Waals surface area contributed by atoms with Gasteiger partial charge in [-0.3, -0.25) is 0 Å². The first-order chi connectivity index (χ1) is 9.24. The third kappa shape index (κ3) is 4.93. The highest BCUT2D eigenvalue weighted by atomic mass is 16.2. The van der Waals surface area contributed by atoms with Gasteiger partial charge in [0.25, 0.3) is 0 Å². The topological polar surface area (TPSA) is 41.1 Å². The van der Waals surface area contributed by atoms with Gasteiger partial charge >= 0.3 is 6.03 Å². The zero-order chi connectivity index (χ0) is 13.5. The van der Waals surface area contributed by atoms with Crippen LogP contribution in [0.4, 0.5) is 4.79 Å². The van der Waals surface area contributed by atoms with E-state index in [0.29, 0.717) is 12.6 Å². The van der Waals surface area contributed by atoms with Crippen molar-refractivity contribution in [2.75, 3.05) is 6.54 Å². The first kappa shape index (κ1) is 13.9. The average molecular weight is 260 g/mol. The van der Waals surface area contributed by atoms with Gasteiger partial charge in [0, 0.05) is 12.6 Å². The van der Waals surface area contributed by atoms with Gasteiger partial charge in [0.05, 0.1) is 0 Å². The van der Waals surface area contributed by atoms with E-state index in [0.717, 1.165) is 25.2 Å². The number of carbonyl (C=O) groups excluding carboxylic acids is 1. The van der Waals surface area contributed by atoms with E-state index in [1.807, 2.05) is 18.2 Å². The number of urea groups is 1. The monoisotopic (exact) mass is 260 g/mol. The van der Waals surface area contributed by atoms with Crippen molar-refractivity contribution in [3.63, 3.8) is 0 Å². The number of hydrogen-bond acceptors (Lipinski definition) is 1. The van der Waals surface area contributed by atoms with Crippen LogP contribution in [0.25, 0.3) is 0 Å². The zero-order valence-corrected chi connectivity index (χ0v) is 11.7. The van der Waals surface area contributed by atoms with E-state index in [1.54, 1.807) is 0 Å². The Labute approximate surface area is 115 Å². The molecule has 2 amide bonds. The van der Waals surface area contributed by atoms with Crippen molar-refractivity contribution in [1.29, 1.82) is 0 Å². The summed E-state index contributed by atoms with van der Waals surface area (Å²) >= 11 is 0. The minimum atomic E-state index is -0.0185. The molecule has 1 saturated carbocycles. The van der Waals surface area contributed by atoms with Crippen LogP contribution in [0.3, 0.4) is 0 Å². The van der Waals surface area contributed by atoms with Gasteiger partial charge in [-0.2, -0.15) is 0 Å². The molecule has 0 spiro atoms. The second-order valence-electron chi connectivity index (χ2n) is 5.60. The van der Waals surface area contributed by atoms with Crippen LogP contribution < -0.4 is 10.6 Å². The van der Waals surface area contributed by atoms with Gasteiger partial charge in [0.1, 0.15) is 0 Å². The molecule has 1 aliphatic carbocycles. The number of nitrogens with one attached hydrogen (secondary N) is 2. The molecule has 0 radical (unpaired) electrons. The average Bonchev–Trinajstić information content (AvgIpc) is 2.40. The molecule has 3 nitrogen and oxygen atoms in total. The lowest BCUT2D eigenvalue weighted by Gasteiger charge is -2.27. The Kier molecular flexibility index (Phi) is 5.25. The molecule has 2 rings (SSSR count). The Balaban J connectivity index is 1.64. The Morgan fingerprint density at radius 2 is 2.05 bits per heavy atom. The van der Waals surface area contributed by atoms with E-state index in [2.05, 4.69) is 29.7 Å². The van der Waals surface area contributed by atoms with E-state index < -0.39 is 0 Å². The molecule has 2 unspecified atom stereocenters. The van der Waals surface area contributed by atoms with Crippen molar-refractivity contribution in [2.24, 2.45) is 5.92 Å². The third-order valence-electron chi connectivity index (χ3n) is 3.81. The van der Waals surface area contributed by atoms with E-state index >= 15 is 0 Å². The highest BCUT2D eigenvalue weighted by Crippen LogP contribution is 2.23. The van der Waals surface area contributed by atoms with Gasteiger partial charge in [-0.1, -0.05) is 50.1 Å². The highest BCUT2D eigenvalue weighted by Gasteiger charge is 2.19. The molecule has 0 saturated heterocycles. The Morgan fingerprint density at radius 3 is 2.79 bits per heavy atom. The fourth-order valence-corrected chi connectivity index (χ4v) is 2.77. The largest absolute Gasteiger partial charge is 0.338 e. The fraction of sp³-hybridized carbons (Fsp3) is 0.562. The van der Waals surface area contributed by atoms with Crippen molar-refractivity contribution < 1.29 is 4.79 Å². The summed E-state index contributed by atoms with van der Waals surface area (Å²) in [6.45, 7) is 2.96. The lowest BCUT2D eigenvalue weighted by Crippen LogP contribution is -2.44. The quantitative estimate of drug-likeness (QED) is 0.858. The summed E-state index contributed by atoms with van der Waals surface area (Å²) in [6.07, 6.45) is 5.65. The molecule has 0 aliphatic heterocycles. The highest BCUT2D eigenvalue weighted by molar-refractivity contribution is 5.74. The lowest BCUT2D eigenvalue weighted by atomic mass is 9.87. The Bertz CT molecular complexity index is 391. The molecule has 0 aromatic heterocycles. The maximum Gasteiger partial charge on any atom is 0.315 e. The van der Waals surface area contributed by atoms with Crippen LogP contribution in [0.1, 0.15) is 38.2 Å². The molecule has 19 heavy (non-hydrogen) atoms. The van der Waals surface area contributed by atoms with E-state index in [-0.39, 0.29) is 6.03 Å². The summed E-state index contributed by atoms with van der Waals surface area (Å²) in [5, 5.41) is 6.03. The normalized spacial score (nSPS) is 22.8. The van der Waals surface area contributed by atoms with Crippen molar-refractivity contribution in [1.82, 2.24) is 10.6 Å². The van der Waals surface area contributed by atoms with Gasteiger partial charge in [0.2, 0.25) is 0 Å². The molecule has 1 fully saturated rings. The van der Waals surface area contributed by atoms with E-state index in [9.17, 15) is 4.79 Å². The summed E-state index contributed by atoms with van der Waals surface area (Å²) < 4.78 is 0. The number of rotatable bonds is 4. The molecule has 2 atom stereocenters. The predicted octanol–water partition coefficient (Wildman–Crippen LogP) is 3.11. The summed E-state index contributed by atoms with van der Waals surface area (Å²) in [5.74, 6) is 0.739. The first-order valence-corrected chi connectivity index (χ1v) is 7.32. The maximum atomic E-state index is 11.8. The minimum absolute atomic E-state index is 0.0185. The molecule has 2 N–H and O–H groups in total. The first-order valence-electron chi connectivity index (χ1n) is 7.32. The number of hydrogen-bond donors (Lipinski definition) is 2. The maximum absolute atomic E-state index is 11.8. The van der Waals surface area contributed by atoms with Gasteiger partial charge < -0.3 is 10.6 Å². The Morgan fingerprint density at radius 1 is 1.26 bits per heavy atom. The SMILES string of the molecule is CC1CCCC(NC(=O)NCCc2ccccc2)C1. The summed E-state index contributed by atoms with van der Waals surface area (Å²) in [7, 11) is 0. The van der Waals surface area contributed by atoms with Crippen LogP contribution in [0.15, 0.2) is 30.3 Å². The van der Waals surface area contributed by atoms with Crippen molar-refractivity contribution in [2.45, 2.75) is 45.1 Å². The number of carbonyl (C=O) groups is 1. The molecule has 1 aromatic carbocycles. The predicted molar refractivity (Wildman–Crippen MR) is 78.1 cm³/mol. The zero-order valence-electron chi connectivity index (χ0n) is 11.7. The van der Waals surface area contributed by atoms with Gasteiger partial charge in [-0.25, -0.2) is 4.79 Å². The van der Waals surface area contributed by atoms with Gasteiger partial charge in [0.15, 0.2) is 0 Å². The van der Waals surface area contributed by atoms with Crippen molar-refractivity contribution >= 4 is 6.03 Å². The molecule has 1 aliphatic rings. The van der Waals surface area contributed by atoms with Crippen LogP contribution in [-0.2, 0) is 6.42 Å². The number of benzene rings is 1. The van der Waals surface area contributed by atoms with Crippen LogP contribution in [0.2, 0.25) is 0 Å². The second-order valence-corrected chi connectivity index (χ2v) is 5.60. The van der Waals surface area contributed by atoms with Gasteiger partial charge in [-0.05, 0) is 30.7 Å². The smallest absolute Gasteiger partial charge is 0.315 e. The van der Waals surface area contributed by atoms with Crippen LogP contribution in [0, 0.1) is 5.92 Å². The van der Waals surface area contributed by atoms with E-state index in [4.69, 9.17) is 0 Å². The molecule has 1 aromatic rings. The summed E-state index contributed by atoms with van der Waals surface area (Å²) in [6, 6.07) is 10.6. The summed E-state index contributed by atoms with van der Waals surface area (Å²) in [4.78, 5) is 11.8. The summed E-state index contributed by atoms with van der Waals surface area (Å²) in [5.41, 5.74) is 1.26. The Hall–Kier alpha value is -1.51. The third-order valence-corrected chi connectivity index (χ3v) is 3.81.